The second kappa shape index (κ2) is 6.15. The average Bonchev–Trinajstić information content (AvgIpc) is 2.34. The third-order valence-electron chi connectivity index (χ3n) is 3.18. The fourth-order valence-corrected chi connectivity index (χ4v) is 2.35. The van der Waals surface area contributed by atoms with E-state index in [9.17, 15) is 13.2 Å². The molecular formula is C12H16ClF3N4. The molecule has 0 radical (unpaired) electrons. The largest absolute Gasteiger partial charge is 0.401 e. The number of hydrogen-bond donors (Lipinski definition) is 1. The van der Waals surface area contributed by atoms with Crippen molar-refractivity contribution in [1.82, 2.24) is 14.8 Å². The van der Waals surface area contributed by atoms with E-state index in [0.29, 0.717) is 49.3 Å². The fraction of sp³-hybridized carbons (Fsp3) is 0.583. The summed E-state index contributed by atoms with van der Waals surface area (Å²) in [5.41, 5.74) is 6.27. The standard InChI is InChI=1S/C12H16ClF3N4/c13-9-1-2-11(17)18-10(9)7-19-3-5-20(6-4-19)8-12(14,15)16/h1-2H,3-8H2,(H2,17,18). The van der Waals surface area contributed by atoms with E-state index in [4.69, 9.17) is 17.3 Å². The van der Waals surface area contributed by atoms with Crippen molar-refractivity contribution in [1.29, 1.82) is 0 Å². The highest BCUT2D eigenvalue weighted by atomic mass is 35.5. The lowest BCUT2D eigenvalue weighted by Gasteiger charge is -2.34. The summed E-state index contributed by atoms with van der Waals surface area (Å²) >= 11 is 6.03. The minimum atomic E-state index is -4.14. The molecule has 0 atom stereocenters. The molecule has 0 amide bonds. The quantitative estimate of drug-likeness (QED) is 0.927. The first-order chi connectivity index (χ1) is 9.33. The zero-order chi connectivity index (χ0) is 14.8. The van der Waals surface area contributed by atoms with Crippen LogP contribution in [0.4, 0.5) is 19.0 Å². The number of aromatic nitrogens is 1. The molecule has 0 aliphatic carbocycles. The molecule has 1 aromatic rings. The van der Waals surface area contributed by atoms with Gasteiger partial charge >= 0.3 is 6.18 Å². The Kier molecular flexibility index (Phi) is 4.72. The molecule has 2 N–H and O–H groups in total. The Balaban J connectivity index is 1.87. The minimum absolute atomic E-state index is 0.388. The smallest absolute Gasteiger partial charge is 0.384 e. The van der Waals surface area contributed by atoms with Crippen LogP contribution in [0.15, 0.2) is 12.1 Å². The highest BCUT2D eigenvalue weighted by molar-refractivity contribution is 6.31. The van der Waals surface area contributed by atoms with Crippen molar-refractivity contribution in [2.24, 2.45) is 0 Å². The molecule has 1 aromatic heterocycles. The first-order valence-corrected chi connectivity index (χ1v) is 6.63. The Morgan fingerprint density at radius 1 is 1.15 bits per heavy atom. The maximum Gasteiger partial charge on any atom is 0.401 e. The van der Waals surface area contributed by atoms with E-state index in [-0.39, 0.29) is 0 Å². The van der Waals surface area contributed by atoms with Gasteiger partial charge in [-0.15, -0.1) is 0 Å². The molecule has 112 valence electrons. The van der Waals surface area contributed by atoms with Crippen molar-refractivity contribution in [3.05, 3.63) is 22.8 Å². The molecule has 2 heterocycles. The van der Waals surface area contributed by atoms with Crippen LogP contribution in [0.3, 0.4) is 0 Å². The fourth-order valence-electron chi connectivity index (χ4n) is 2.18. The van der Waals surface area contributed by atoms with Gasteiger partial charge in [-0.2, -0.15) is 13.2 Å². The summed E-state index contributed by atoms with van der Waals surface area (Å²) in [6.07, 6.45) is -4.14. The predicted molar refractivity (Wildman–Crippen MR) is 71.4 cm³/mol. The molecule has 0 saturated carbocycles. The summed E-state index contributed by atoms with van der Waals surface area (Å²) in [7, 11) is 0. The van der Waals surface area contributed by atoms with Crippen molar-refractivity contribution in [3.63, 3.8) is 0 Å². The van der Waals surface area contributed by atoms with E-state index in [1.54, 1.807) is 12.1 Å². The van der Waals surface area contributed by atoms with Crippen LogP contribution in [0.25, 0.3) is 0 Å². The van der Waals surface area contributed by atoms with Crippen molar-refractivity contribution >= 4 is 17.4 Å². The molecule has 1 aliphatic heterocycles. The third-order valence-corrected chi connectivity index (χ3v) is 3.53. The molecule has 2 rings (SSSR count). The molecule has 8 heteroatoms. The average molecular weight is 309 g/mol. The van der Waals surface area contributed by atoms with Crippen molar-refractivity contribution in [3.8, 4) is 0 Å². The third kappa shape index (κ3) is 4.50. The monoisotopic (exact) mass is 308 g/mol. The number of rotatable bonds is 3. The second-order valence-electron chi connectivity index (χ2n) is 4.83. The van der Waals surface area contributed by atoms with Gasteiger partial charge in [0.1, 0.15) is 5.82 Å². The highest BCUT2D eigenvalue weighted by Crippen LogP contribution is 2.20. The van der Waals surface area contributed by atoms with Gasteiger partial charge in [0.05, 0.1) is 17.3 Å². The van der Waals surface area contributed by atoms with E-state index < -0.39 is 12.7 Å². The van der Waals surface area contributed by atoms with Crippen LogP contribution < -0.4 is 5.73 Å². The number of hydrogen-bond acceptors (Lipinski definition) is 4. The SMILES string of the molecule is Nc1ccc(Cl)c(CN2CCN(CC(F)(F)F)CC2)n1. The van der Waals surface area contributed by atoms with Gasteiger partial charge in [-0.05, 0) is 12.1 Å². The lowest BCUT2D eigenvalue weighted by Crippen LogP contribution is -2.48. The van der Waals surface area contributed by atoms with E-state index >= 15 is 0 Å². The van der Waals surface area contributed by atoms with Gasteiger partial charge in [-0.3, -0.25) is 9.80 Å². The topological polar surface area (TPSA) is 45.4 Å². The Morgan fingerprint density at radius 2 is 1.75 bits per heavy atom. The molecule has 1 fully saturated rings. The van der Waals surface area contributed by atoms with E-state index in [0.717, 1.165) is 0 Å². The first-order valence-electron chi connectivity index (χ1n) is 6.26. The second-order valence-corrected chi connectivity index (χ2v) is 5.24. The lowest BCUT2D eigenvalue weighted by atomic mass is 10.2. The van der Waals surface area contributed by atoms with Crippen molar-refractivity contribution in [2.75, 3.05) is 38.5 Å². The summed E-state index contributed by atoms with van der Waals surface area (Å²) in [4.78, 5) is 7.59. The number of nitrogens with zero attached hydrogens (tertiary/aromatic N) is 3. The number of pyridine rings is 1. The van der Waals surface area contributed by atoms with Gasteiger partial charge in [0, 0.05) is 32.7 Å². The molecule has 1 aliphatic rings. The van der Waals surface area contributed by atoms with Crippen LogP contribution in [0, 0.1) is 0 Å². The molecule has 0 bridgehead atoms. The summed E-state index contributed by atoms with van der Waals surface area (Å²) < 4.78 is 36.9. The van der Waals surface area contributed by atoms with Gasteiger partial charge in [0.2, 0.25) is 0 Å². The van der Waals surface area contributed by atoms with Crippen molar-refractivity contribution in [2.45, 2.75) is 12.7 Å². The van der Waals surface area contributed by atoms with Crippen molar-refractivity contribution < 1.29 is 13.2 Å². The van der Waals surface area contributed by atoms with Gasteiger partial charge in [0.15, 0.2) is 0 Å². The maximum atomic E-state index is 12.3. The number of nitrogen functional groups attached to an aromatic ring is 1. The van der Waals surface area contributed by atoms with E-state index in [2.05, 4.69) is 4.98 Å². The number of halogens is 4. The number of nitrogens with two attached hydrogens (primary N) is 1. The van der Waals surface area contributed by atoms with Gasteiger partial charge in [0.25, 0.3) is 0 Å². The van der Waals surface area contributed by atoms with Crippen LogP contribution in [0.5, 0.6) is 0 Å². The Bertz CT molecular complexity index is 459. The number of anilines is 1. The van der Waals surface area contributed by atoms with Gasteiger partial charge in [-0.1, -0.05) is 11.6 Å². The van der Waals surface area contributed by atoms with Crippen LogP contribution >= 0.6 is 11.6 Å². The normalized spacial score (nSPS) is 18.4. The summed E-state index contributed by atoms with van der Waals surface area (Å²) in [6, 6.07) is 3.30. The van der Waals surface area contributed by atoms with Crippen LogP contribution in [-0.4, -0.2) is 53.7 Å². The highest BCUT2D eigenvalue weighted by Gasteiger charge is 2.32. The molecule has 0 aromatic carbocycles. The Labute approximate surface area is 120 Å². The summed E-state index contributed by atoms with van der Waals surface area (Å²) in [5, 5.41) is 0.525. The minimum Gasteiger partial charge on any atom is -0.384 e. The Morgan fingerprint density at radius 3 is 2.35 bits per heavy atom. The molecule has 20 heavy (non-hydrogen) atoms. The molecule has 0 unspecified atom stereocenters. The molecule has 4 nitrogen and oxygen atoms in total. The number of piperazine rings is 1. The predicted octanol–water partition coefficient (Wildman–Crippen LogP) is 2.00. The molecular weight excluding hydrogens is 293 g/mol. The zero-order valence-corrected chi connectivity index (χ0v) is 11.6. The number of alkyl halides is 3. The molecule has 1 saturated heterocycles. The van der Waals surface area contributed by atoms with Gasteiger partial charge in [-0.25, -0.2) is 4.98 Å². The zero-order valence-electron chi connectivity index (χ0n) is 10.8. The van der Waals surface area contributed by atoms with Gasteiger partial charge < -0.3 is 5.73 Å². The first kappa shape index (κ1) is 15.3. The summed E-state index contributed by atoms with van der Waals surface area (Å²) in [5.74, 6) is 0.389. The van der Waals surface area contributed by atoms with Crippen LogP contribution in [0.2, 0.25) is 5.02 Å². The maximum absolute atomic E-state index is 12.3. The van der Waals surface area contributed by atoms with E-state index in [1.165, 1.54) is 4.90 Å². The van der Waals surface area contributed by atoms with Crippen LogP contribution in [-0.2, 0) is 6.54 Å². The van der Waals surface area contributed by atoms with Crippen LogP contribution in [0.1, 0.15) is 5.69 Å². The summed E-state index contributed by atoms with van der Waals surface area (Å²) in [6.45, 7) is 1.55. The Hall–Kier alpha value is -1.05. The lowest BCUT2D eigenvalue weighted by molar-refractivity contribution is -0.149. The molecule has 0 spiro atoms. The van der Waals surface area contributed by atoms with E-state index in [1.807, 2.05) is 4.90 Å².